The molecule has 0 bridgehead atoms. The molecule has 0 fully saturated rings. The summed E-state index contributed by atoms with van der Waals surface area (Å²) in [5, 5.41) is 3.02. The van der Waals surface area contributed by atoms with Gasteiger partial charge in [-0.1, -0.05) is 30.3 Å². The predicted molar refractivity (Wildman–Crippen MR) is 103 cm³/mol. The molecule has 0 aliphatic rings. The van der Waals surface area contributed by atoms with Crippen LogP contribution in [-0.2, 0) is 5.75 Å². The minimum atomic E-state index is -0.0634. The molecule has 0 saturated carbocycles. The highest BCUT2D eigenvalue weighted by molar-refractivity contribution is 7.98. The summed E-state index contributed by atoms with van der Waals surface area (Å²) < 4.78 is 0. The second-order valence-corrected chi connectivity index (χ2v) is 6.82. The molecule has 1 amide bonds. The molecule has 2 aromatic carbocycles. The maximum absolute atomic E-state index is 12.4. The molecule has 126 valence electrons. The molecular formula is C21H20N2OS. The zero-order valence-electron chi connectivity index (χ0n) is 14.1. The first-order chi connectivity index (χ1) is 12.2. The van der Waals surface area contributed by atoms with Gasteiger partial charge in [0.15, 0.2) is 0 Å². The first-order valence-corrected chi connectivity index (χ1v) is 9.18. The van der Waals surface area contributed by atoms with Crippen LogP contribution in [0, 0.1) is 0 Å². The molecule has 0 saturated heterocycles. The zero-order valence-corrected chi connectivity index (χ0v) is 14.9. The summed E-state index contributed by atoms with van der Waals surface area (Å²) in [6.45, 7) is 1.97. The van der Waals surface area contributed by atoms with Crippen LogP contribution in [0.15, 0.2) is 84.0 Å². The van der Waals surface area contributed by atoms with Crippen molar-refractivity contribution in [1.29, 1.82) is 0 Å². The number of benzene rings is 2. The van der Waals surface area contributed by atoms with Crippen LogP contribution in [0.5, 0.6) is 0 Å². The Balaban J connectivity index is 1.57. The monoisotopic (exact) mass is 348 g/mol. The van der Waals surface area contributed by atoms with E-state index < -0.39 is 0 Å². The van der Waals surface area contributed by atoms with E-state index in [9.17, 15) is 4.79 Å². The van der Waals surface area contributed by atoms with Crippen molar-refractivity contribution in [3.05, 3.63) is 95.8 Å². The normalized spacial score (nSPS) is 11.7. The van der Waals surface area contributed by atoms with Crippen molar-refractivity contribution in [3.63, 3.8) is 0 Å². The maximum Gasteiger partial charge on any atom is 0.251 e. The van der Waals surface area contributed by atoms with Gasteiger partial charge in [0.1, 0.15) is 0 Å². The highest BCUT2D eigenvalue weighted by atomic mass is 32.2. The van der Waals surface area contributed by atoms with E-state index in [0.717, 1.165) is 11.3 Å². The van der Waals surface area contributed by atoms with Crippen LogP contribution in [-0.4, -0.2) is 10.9 Å². The number of carbonyl (C=O) groups excluding carboxylic acids is 1. The number of aromatic nitrogens is 1. The Bertz CT molecular complexity index is 804. The molecule has 1 unspecified atom stereocenters. The van der Waals surface area contributed by atoms with Gasteiger partial charge in [-0.25, -0.2) is 0 Å². The molecule has 0 aliphatic heterocycles. The van der Waals surface area contributed by atoms with Gasteiger partial charge in [-0.05, 0) is 54.4 Å². The second-order valence-electron chi connectivity index (χ2n) is 5.77. The molecule has 1 aromatic heterocycles. The quantitative estimate of drug-likeness (QED) is 0.647. The van der Waals surface area contributed by atoms with Gasteiger partial charge >= 0.3 is 0 Å². The average molecular weight is 348 g/mol. The SMILES string of the molecule is CC(NC(=O)c1ccc(CSc2ccccc2)cc1)c1ccncc1. The Morgan fingerprint density at radius 3 is 2.36 bits per heavy atom. The molecule has 0 aliphatic carbocycles. The molecular weight excluding hydrogens is 328 g/mol. The van der Waals surface area contributed by atoms with Gasteiger partial charge in [0.05, 0.1) is 6.04 Å². The Morgan fingerprint density at radius 2 is 1.68 bits per heavy atom. The van der Waals surface area contributed by atoms with Crippen LogP contribution in [0.4, 0.5) is 0 Å². The van der Waals surface area contributed by atoms with Crippen molar-refractivity contribution in [2.24, 2.45) is 0 Å². The highest BCUT2D eigenvalue weighted by Gasteiger charge is 2.11. The maximum atomic E-state index is 12.4. The number of nitrogens with zero attached hydrogens (tertiary/aromatic N) is 1. The number of carbonyl (C=O) groups is 1. The van der Waals surface area contributed by atoms with Crippen molar-refractivity contribution in [1.82, 2.24) is 10.3 Å². The minimum absolute atomic E-state index is 0.0520. The summed E-state index contributed by atoms with van der Waals surface area (Å²) in [4.78, 5) is 17.6. The number of rotatable bonds is 6. The Morgan fingerprint density at radius 1 is 1.00 bits per heavy atom. The van der Waals surface area contributed by atoms with Gasteiger partial charge < -0.3 is 5.32 Å². The van der Waals surface area contributed by atoms with Crippen LogP contribution in [0.25, 0.3) is 0 Å². The van der Waals surface area contributed by atoms with E-state index in [-0.39, 0.29) is 11.9 Å². The van der Waals surface area contributed by atoms with Crippen LogP contribution >= 0.6 is 11.8 Å². The molecule has 0 radical (unpaired) electrons. The lowest BCUT2D eigenvalue weighted by Crippen LogP contribution is -2.26. The van der Waals surface area contributed by atoms with Crippen molar-refractivity contribution >= 4 is 17.7 Å². The molecule has 1 atom stereocenters. The Labute approximate surface area is 152 Å². The van der Waals surface area contributed by atoms with E-state index in [1.165, 1.54) is 10.5 Å². The molecule has 4 heteroatoms. The summed E-state index contributed by atoms with van der Waals surface area (Å²) in [6.07, 6.45) is 3.47. The van der Waals surface area contributed by atoms with Gasteiger partial charge in [0, 0.05) is 28.6 Å². The molecule has 25 heavy (non-hydrogen) atoms. The fourth-order valence-electron chi connectivity index (χ4n) is 2.45. The van der Waals surface area contributed by atoms with E-state index >= 15 is 0 Å². The number of nitrogens with one attached hydrogen (secondary N) is 1. The second kappa shape index (κ2) is 8.49. The fraction of sp³-hybridized carbons (Fsp3) is 0.143. The third kappa shape index (κ3) is 4.94. The number of thioether (sulfide) groups is 1. The van der Waals surface area contributed by atoms with E-state index in [1.54, 1.807) is 24.2 Å². The fourth-order valence-corrected chi connectivity index (χ4v) is 3.33. The first kappa shape index (κ1) is 17.2. The van der Waals surface area contributed by atoms with Gasteiger partial charge in [-0.3, -0.25) is 9.78 Å². The lowest BCUT2D eigenvalue weighted by atomic mass is 10.1. The molecule has 1 heterocycles. The van der Waals surface area contributed by atoms with E-state index in [4.69, 9.17) is 0 Å². The standard InChI is InChI=1S/C21H20N2OS/c1-16(18-11-13-22-14-12-18)23-21(24)19-9-7-17(8-10-19)15-25-20-5-3-2-4-6-20/h2-14,16H,15H2,1H3,(H,23,24). The van der Waals surface area contributed by atoms with Gasteiger partial charge in [-0.15, -0.1) is 11.8 Å². The summed E-state index contributed by atoms with van der Waals surface area (Å²) >= 11 is 1.79. The van der Waals surface area contributed by atoms with E-state index in [2.05, 4.69) is 22.4 Å². The molecule has 3 nitrogen and oxygen atoms in total. The number of hydrogen-bond donors (Lipinski definition) is 1. The Hall–Kier alpha value is -2.59. The van der Waals surface area contributed by atoms with Gasteiger partial charge in [0.25, 0.3) is 5.91 Å². The lowest BCUT2D eigenvalue weighted by Gasteiger charge is -2.14. The summed E-state index contributed by atoms with van der Waals surface area (Å²) in [7, 11) is 0. The Kier molecular flexibility index (Phi) is 5.86. The van der Waals surface area contributed by atoms with E-state index in [1.807, 2.05) is 61.5 Å². The molecule has 0 spiro atoms. The third-order valence-corrected chi connectivity index (χ3v) is 5.00. The van der Waals surface area contributed by atoms with Crippen LogP contribution in [0.2, 0.25) is 0 Å². The van der Waals surface area contributed by atoms with Crippen molar-refractivity contribution in [2.45, 2.75) is 23.6 Å². The summed E-state index contributed by atoms with van der Waals surface area (Å²) in [5.74, 6) is 0.825. The topological polar surface area (TPSA) is 42.0 Å². The van der Waals surface area contributed by atoms with Crippen LogP contribution in [0.1, 0.15) is 34.5 Å². The first-order valence-electron chi connectivity index (χ1n) is 8.20. The van der Waals surface area contributed by atoms with Crippen LogP contribution in [0.3, 0.4) is 0 Å². The lowest BCUT2D eigenvalue weighted by molar-refractivity contribution is 0.0940. The van der Waals surface area contributed by atoms with Gasteiger partial charge in [-0.2, -0.15) is 0 Å². The number of pyridine rings is 1. The highest BCUT2D eigenvalue weighted by Crippen LogP contribution is 2.22. The largest absolute Gasteiger partial charge is 0.346 e. The third-order valence-electron chi connectivity index (χ3n) is 3.92. The minimum Gasteiger partial charge on any atom is -0.346 e. The number of amides is 1. The number of hydrogen-bond acceptors (Lipinski definition) is 3. The zero-order chi connectivity index (χ0) is 17.5. The van der Waals surface area contributed by atoms with E-state index in [0.29, 0.717) is 5.56 Å². The molecule has 1 N–H and O–H groups in total. The molecule has 3 rings (SSSR count). The molecule has 3 aromatic rings. The average Bonchev–Trinajstić information content (AvgIpc) is 2.68. The van der Waals surface area contributed by atoms with Gasteiger partial charge in [0.2, 0.25) is 0 Å². The summed E-state index contributed by atoms with van der Waals surface area (Å²) in [6, 6.07) is 21.9. The smallest absolute Gasteiger partial charge is 0.251 e. The predicted octanol–water partition coefficient (Wildman–Crippen LogP) is 4.86. The van der Waals surface area contributed by atoms with Crippen LogP contribution < -0.4 is 5.32 Å². The van der Waals surface area contributed by atoms with Crippen molar-refractivity contribution in [2.75, 3.05) is 0 Å². The van der Waals surface area contributed by atoms with Crippen molar-refractivity contribution < 1.29 is 4.79 Å². The van der Waals surface area contributed by atoms with Crippen molar-refractivity contribution in [3.8, 4) is 0 Å². The summed E-state index contributed by atoms with van der Waals surface area (Å²) in [5.41, 5.74) is 2.92.